The molecule has 0 saturated heterocycles. The molecule has 96 valence electrons. The van der Waals surface area contributed by atoms with Gasteiger partial charge in [0.1, 0.15) is 5.75 Å². The second kappa shape index (κ2) is 6.37. The van der Waals surface area contributed by atoms with Gasteiger partial charge in [0.25, 0.3) is 0 Å². The van der Waals surface area contributed by atoms with E-state index in [1.807, 2.05) is 13.0 Å². The summed E-state index contributed by atoms with van der Waals surface area (Å²) < 4.78 is 41.0. The van der Waals surface area contributed by atoms with Crippen molar-refractivity contribution >= 4 is 5.69 Å². The second-order valence-electron chi connectivity index (χ2n) is 3.61. The molecule has 1 aromatic rings. The zero-order valence-corrected chi connectivity index (χ0v) is 9.68. The van der Waals surface area contributed by atoms with Gasteiger partial charge in [-0.2, -0.15) is 13.2 Å². The Morgan fingerprint density at radius 3 is 2.71 bits per heavy atom. The van der Waals surface area contributed by atoms with Crippen LogP contribution in [0.5, 0.6) is 5.75 Å². The number of alkyl halides is 3. The first-order valence-corrected chi connectivity index (χ1v) is 5.55. The van der Waals surface area contributed by atoms with Crippen LogP contribution in [0.4, 0.5) is 18.9 Å². The highest BCUT2D eigenvalue weighted by Crippen LogP contribution is 2.22. The first kappa shape index (κ1) is 13.7. The fourth-order valence-corrected chi connectivity index (χ4v) is 1.38. The summed E-state index contributed by atoms with van der Waals surface area (Å²) >= 11 is 0. The molecule has 0 radical (unpaired) electrons. The molecule has 0 spiro atoms. The van der Waals surface area contributed by atoms with Crippen molar-refractivity contribution < 1.29 is 17.9 Å². The van der Waals surface area contributed by atoms with Gasteiger partial charge in [0.2, 0.25) is 0 Å². The smallest absolute Gasteiger partial charge is 0.389 e. The summed E-state index contributed by atoms with van der Waals surface area (Å²) in [6.45, 7) is 2.75. The lowest BCUT2D eigenvalue weighted by Gasteiger charge is -2.09. The van der Waals surface area contributed by atoms with Crippen molar-refractivity contribution in [2.45, 2.75) is 25.9 Å². The lowest BCUT2D eigenvalue weighted by molar-refractivity contribution is -0.134. The highest BCUT2D eigenvalue weighted by molar-refractivity contribution is 5.48. The third kappa shape index (κ3) is 6.04. The zero-order valence-electron chi connectivity index (χ0n) is 9.68. The lowest BCUT2D eigenvalue weighted by atomic mass is 10.2. The molecule has 1 aromatic carbocycles. The predicted octanol–water partition coefficient (Wildman–Crippen LogP) is 3.84. The van der Waals surface area contributed by atoms with Gasteiger partial charge in [0.15, 0.2) is 0 Å². The minimum absolute atomic E-state index is 0.0718. The molecule has 1 rings (SSSR count). The van der Waals surface area contributed by atoms with Crippen LogP contribution in [0.1, 0.15) is 19.8 Å². The molecular formula is C12H16F3NO. The van der Waals surface area contributed by atoms with Gasteiger partial charge in [-0.1, -0.05) is 6.07 Å². The fraction of sp³-hybridized carbons (Fsp3) is 0.500. The molecule has 5 heteroatoms. The second-order valence-corrected chi connectivity index (χ2v) is 3.61. The molecule has 0 amide bonds. The third-order valence-corrected chi connectivity index (χ3v) is 2.11. The van der Waals surface area contributed by atoms with Crippen molar-refractivity contribution in [1.29, 1.82) is 0 Å². The molecule has 0 aromatic heterocycles. The van der Waals surface area contributed by atoms with Gasteiger partial charge in [0.05, 0.1) is 6.61 Å². The van der Waals surface area contributed by atoms with E-state index in [4.69, 9.17) is 4.74 Å². The first-order chi connectivity index (χ1) is 8.01. The highest BCUT2D eigenvalue weighted by Gasteiger charge is 2.25. The largest absolute Gasteiger partial charge is 0.494 e. The number of rotatable bonds is 6. The molecule has 2 nitrogen and oxygen atoms in total. The van der Waals surface area contributed by atoms with Gasteiger partial charge in [0, 0.05) is 24.7 Å². The summed E-state index contributed by atoms with van der Waals surface area (Å²) in [5, 5.41) is 2.94. The molecule has 0 heterocycles. The molecule has 0 aliphatic heterocycles. The molecule has 0 unspecified atom stereocenters. The summed E-state index contributed by atoms with van der Waals surface area (Å²) in [6.07, 6.45) is -4.76. The average Bonchev–Trinajstić information content (AvgIpc) is 2.24. The van der Waals surface area contributed by atoms with Crippen LogP contribution in [0.15, 0.2) is 24.3 Å². The van der Waals surface area contributed by atoms with Gasteiger partial charge in [-0.3, -0.25) is 0 Å². The van der Waals surface area contributed by atoms with E-state index in [-0.39, 0.29) is 6.42 Å². The first-order valence-electron chi connectivity index (χ1n) is 5.55. The summed E-state index contributed by atoms with van der Waals surface area (Å²) in [4.78, 5) is 0. The van der Waals surface area contributed by atoms with E-state index >= 15 is 0 Å². The molecule has 0 aliphatic rings. The van der Waals surface area contributed by atoms with E-state index in [9.17, 15) is 13.2 Å². The van der Waals surface area contributed by atoms with E-state index in [2.05, 4.69) is 5.32 Å². The SMILES string of the molecule is CCOc1cccc(NCCCC(F)(F)F)c1. The Kier molecular flexibility index (Phi) is 5.12. The maximum atomic E-state index is 11.9. The Balaban J connectivity index is 2.34. The number of halogens is 3. The zero-order chi connectivity index (χ0) is 12.7. The number of benzene rings is 1. The molecule has 0 bridgehead atoms. The maximum absolute atomic E-state index is 11.9. The van der Waals surface area contributed by atoms with Crippen LogP contribution in [0, 0.1) is 0 Å². The molecule has 1 N–H and O–H groups in total. The van der Waals surface area contributed by atoms with Crippen molar-refractivity contribution in [3.8, 4) is 5.75 Å². The molecule has 0 fully saturated rings. The van der Waals surface area contributed by atoms with Crippen LogP contribution in [-0.4, -0.2) is 19.3 Å². The van der Waals surface area contributed by atoms with Gasteiger partial charge in [-0.05, 0) is 25.5 Å². The van der Waals surface area contributed by atoms with E-state index < -0.39 is 12.6 Å². The summed E-state index contributed by atoms with van der Waals surface area (Å²) in [5.74, 6) is 0.716. The van der Waals surface area contributed by atoms with Crippen LogP contribution in [-0.2, 0) is 0 Å². The van der Waals surface area contributed by atoms with E-state index in [1.54, 1.807) is 18.2 Å². The van der Waals surface area contributed by atoms with Crippen molar-refractivity contribution in [2.75, 3.05) is 18.5 Å². The Labute approximate surface area is 98.8 Å². The number of anilines is 1. The van der Waals surface area contributed by atoms with Crippen molar-refractivity contribution in [3.63, 3.8) is 0 Å². The minimum Gasteiger partial charge on any atom is -0.494 e. The average molecular weight is 247 g/mol. The minimum atomic E-state index is -4.07. The number of ether oxygens (including phenoxy) is 1. The maximum Gasteiger partial charge on any atom is 0.389 e. The normalized spacial score (nSPS) is 11.3. The predicted molar refractivity (Wildman–Crippen MR) is 61.4 cm³/mol. The number of nitrogens with one attached hydrogen (secondary N) is 1. The van der Waals surface area contributed by atoms with Gasteiger partial charge in [-0.25, -0.2) is 0 Å². The van der Waals surface area contributed by atoms with Crippen molar-refractivity contribution in [2.24, 2.45) is 0 Å². The monoisotopic (exact) mass is 247 g/mol. The standard InChI is InChI=1S/C12H16F3NO/c1-2-17-11-6-3-5-10(9-11)16-8-4-7-12(13,14)15/h3,5-6,9,16H,2,4,7-8H2,1H3. The summed E-state index contributed by atoms with van der Waals surface area (Å²) in [5.41, 5.74) is 0.776. The number of hydrogen-bond acceptors (Lipinski definition) is 2. The van der Waals surface area contributed by atoms with Gasteiger partial charge in [-0.15, -0.1) is 0 Å². The molecule has 0 aliphatic carbocycles. The van der Waals surface area contributed by atoms with Gasteiger partial charge >= 0.3 is 6.18 Å². The van der Waals surface area contributed by atoms with Crippen LogP contribution in [0.2, 0.25) is 0 Å². The van der Waals surface area contributed by atoms with Crippen molar-refractivity contribution in [1.82, 2.24) is 0 Å². The Bertz CT molecular complexity index is 339. The van der Waals surface area contributed by atoms with Crippen LogP contribution in [0.25, 0.3) is 0 Å². The van der Waals surface area contributed by atoms with Gasteiger partial charge < -0.3 is 10.1 Å². The van der Waals surface area contributed by atoms with Crippen LogP contribution in [0.3, 0.4) is 0 Å². The quantitative estimate of drug-likeness (QED) is 0.771. The molecule has 17 heavy (non-hydrogen) atoms. The topological polar surface area (TPSA) is 21.3 Å². The van der Waals surface area contributed by atoms with E-state index in [0.717, 1.165) is 5.69 Å². The lowest BCUT2D eigenvalue weighted by Crippen LogP contribution is -2.10. The van der Waals surface area contributed by atoms with Crippen molar-refractivity contribution in [3.05, 3.63) is 24.3 Å². The molecule has 0 atom stereocenters. The Morgan fingerprint density at radius 2 is 2.06 bits per heavy atom. The highest BCUT2D eigenvalue weighted by atomic mass is 19.4. The summed E-state index contributed by atoms with van der Waals surface area (Å²) in [6, 6.07) is 7.19. The van der Waals surface area contributed by atoms with E-state index in [0.29, 0.717) is 18.9 Å². The Hall–Kier alpha value is -1.39. The van der Waals surface area contributed by atoms with Crippen LogP contribution >= 0.6 is 0 Å². The number of hydrogen-bond donors (Lipinski definition) is 1. The Morgan fingerprint density at radius 1 is 1.29 bits per heavy atom. The molecular weight excluding hydrogens is 231 g/mol. The summed E-state index contributed by atoms with van der Waals surface area (Å²) in [7, 11) is 0. The van der Waals surface area contributed by atoms with Crippen LogP contribution < -0.4 is 10.1 Å². The fourth-order valence-electron chi connectivity index (χ4n) is 1.38. The third-order valence-electron chi connectivity index (χ3n) is 2.11. The molecule has 0 saturated carbocycles. The van der Waals surface area contributed by atoms with E-state index in [1.165, 1.54) is 0 Å².